The van der Waals surface area contributed by atoms with Gasteiger partial charge in [0.1, 0.15) is 12.4 Å². The highest BCUT2D eigenvalue weighted by Gasteiger charge is 1.99. The van der Waals surface area contributed by atoms with Gasteiger partial charge in [-0.25, -0.2) is 0 Å². The predicted molar refractivity (Wildman–Crippen MR) is 84.6 cm³/mol. The topological polar surface area (TPSA) is 21.3 Å². The molecule has 1 N–H and O–H groups in total. The van der Waals surface area contributed by atoms with E-state index in [9.17, 15) is 0 Å². The first-order chi connectivity index (χ1) is 9.66. The fourth-order valence-corrected chi connectivity index (χ4v) is 2.11. The molecule has 0 aromatic heterocycles. The van der Waals surface area contributed by atoms with Gasteiger partial charge in [-0.1, -0.05) is 35.9 Å². The molecule has 0 saturated heterocycles. The van der Waals surface area contributed by atoms with Crippen molar-refractivity contribution >= 4 is 11.6 Å². The van der Waals surface area contributed by atoms with Gasteiger partial charge in [-0.3, -0.25) is 0 Å². The minimum absolute atomic E-state index is 0.646. The van der Waals surface area contributed by atoms with E-state index in [2.05, 4.69) is 31.3 Å². The molecule has 3 heteroatoms. The second kappa shape index (κ2) is 7.32. The van der Waals surface area contributed by atoms with Crippen molar-refractivity contribution in [2.75, 3.05) is 13.2 Å². The molecule has 0 unspecified atom stereocenters. The number of halogens is 1. The van der Waals surface area contributed by atoms with Crippen molar-refractivity contribution in [1.29, 1.82) is 0 Å². The molecule has 0 fully saturated rings. The standard InChI is InChI=1S/C17H20ClNO/c1-13-7-8-16(11-14(13)2)20-10-9-19-12-15-5-3-4-6-17(15)18/h3-8,11,19H,9-10,12H2,1-2H3. The van der Waals surface area contributed by atoms with Crippen molar-refractivity contribution in [2.24, 2.45) is 0 Å². The van der Waals surface area contributed by atoms with Gasteiger partial charge in [0.15, 0.2) is 0 Å². The quantitative estimate of drug-likeness (QED) is 0.808. The first-order valence-corrected chi connectivity index (χ1v) is 7.19. The molecule has 0 atom stereocenters. The Morgan fingerprint density at radius 2 is 1.85 bits per heavy atom. The molecule has 0 aliphatic heterocycles. The maximum Gasteiger partial charge on any atom is 0.119 e. The summed E-state index contributed by atoms with van der Waals surface area (Å²) >= 11 is 6.09. The Morgan fingerprint density at radius 1 is 1.05 bits per heavy atom. The minimum atomic E-state index is 0.646. The van der Waals surface area contributed by atoms with Crippen LogP contribution in [0.5, 0.6) is 5.75 Å². The van der Waals surface area contributed by atoms with Crippen LogP contribution in [0.25, 0.3) is 0 Å². The fraction of sp³-hybridized carbons (Fsp3) is 0.294. The SMILES string of the molecule is Cc1ccc(OCCNCc2ccccc2Cl)cc1C. The Kier molecular flexibility index (Phi) is 5.45. The van der Waals surface area contributed by atoms with Crippen LogP contribution in [-0.2, 0) is 6.54 Å². The second-order valence-corrected chi connectivity index (χ2v) is 5.27. The molecule has 2 nitrogen and oxygen atoms in total. The third-order valence-corrected chi connectivity index (χ3v) is 3.67. The van der Waals surface area contributed by atoms with E-state index in [1.165, 1.54) is 11.1 Å². The summed E-state index contributed by atoms with van der Waals surface area (Å²) in [6.07, 6.45) is 0. The third kappa shape index (κ3) is 4.26. The van der Waals surface area contributed by atoms with Crippen molar-refractivity contribution in [2.45, 2.75) is 20.4 Å². The number of hydrogen-bond acceptors (Lipinski definition) is 2. The number of nitrogens with one attached hydrogen (secondary N) is 1. The van der Waals surface area contributed by atoms with E-state index < -0.39 is 0 Å². The number of hydrogen-bond donors (Lipinski definition) is 1. The van der Waals surface area contributed by atoms with Gasteiger partial charge < -0.3 is 10.1 Å². The highest BCUT2D eigenvalue weighted by atomic mass is 35.5. The monoisotopic (exact) mass is 289 g/mol. The largest absolute Gasteiger partial charge is 0.492 e. The van der Waals surface area contributed by atoms with Crippen LogP contribution >= 0.6 is 11.6 Å². The molecule has 0 bridgehead atoms. The van der Waals surface area contributed by atoms with Crippen molar-refractivity contribution in [1.82, 2.24) is 5.32 Å². The maximum atomic E-state index is 6.09. The Bertz CT molecular complexity index is 569. The average molecular weight is 290 g/mol. The molecular weight excluding hydrogens is 270 g/mol. The van der Waals surface area contributed by atoms with Gasteiger partial charge >= 0.3 is 0 Å². The number of benzene rings is 2. The highest BCUT2D eigenvalue weighted by molar-refractivity contribution is 6.31. The number of ether oxygens (including phenoxy) is 1. The van der Waals surface area contributed by atoms with Gasteiger partial charge in [-0.15, -0.1) is 0 Å². The van der Waals surface area contributed by atoms with Crippen molar-refractivity contribution in [3.63, 3.8) is 0 Å². The zero-order chi connectivity index (χ0) is 14.4. The number of rotatable bonds is 6. The first-order valence-electron chi connectivity index (χ1n) is 6.81. The summed E-state index contributed by atoms with van der Waals surface area (Å²) in [4.78, 5) is 0. The Hall–Kier alpha value is -1.51. The Labute approximate surface area is 125 Å². The molecule has 0 saturated carbocycles. The molecule has 0 heterocycles. The lowest BCUT2D eigenvalue weighted by atomic mass is 10.1. The molecule has 0 aliphatic rings. The summed E-state index contributed by atoms with van der Waals surface area (Å²) < 4.78 is 5.71. The van der Waals surface area contributed by atoms with Crippen LogP contribution < -0.4 is 10.1 Å². The van der Waals surface area contributed by atoms with Crippen molar-refractivity contribution < 1.29 is 4.74 Å². The Balaban J connectivity index is 1.71. The van der Waals surface area contributed by atoms with Gasteiger partial charge in [0.2, 0.25) is 0 Å². The summed E-state index contributed by atoms with van der Waals surface area (Å²) in [7, 11) is 0. The molecule has 0 aliphatic carbocycles. The van der Waals surface area contributed by atoms with Gasteiger partial charge in [-0.2, -0.15) is 0 Å². The van der Waals surface area contributed by atoms with E-state index in [-0.39, 0.29) is 0 Å². The molecular formula is C17H20ClNO. The zero-order valence-corrected chi connectivity index (χ0v) is 12.7. The van der Waals surface area contributed by atoms with E-state index in [0.29, 0.717) is 6.61 Å². The van der Waals surface area contributed by atoms with Crippen LogP contribution in [0.2, 0.25) is 5.02 Å². The van der Waals surface area contributed by atoms with E-state index in [1.54, 1.807) is 0 Å². The van der Waals surface area contributed by atoms with Gasteiger partial charge in [0.25, 0.3) is 0 Å². The van der Waals surface area contributed by atoms with E-state index in [0.717, 1.165) is 29.4 Å². The van der Waals surface area contributed by atoms with Crippen LogP contribution in [0, 0.1) is 13.8 Å². The molecule has 2 rings (SSSR count). The summed E-state index contributed by atoms with van der Waals surface area (Å²) in [5.41, 5.74) is 3.65. The summed E-state index contributed by atoms with van der Waals surface area (Å²) in [5.74, 6) is 0.924. The smallest absolute Gasteiger partial charge is 0.119 e. The second-order valence-electron chi connectivity index (χ2n) is 4.86. The summed E-state index contributed by atoms with van der Waals surface area (Å²) in [6, 6.07) is 14.0. The van der Waals surface area contributed by atoms with Crippen LogP contribution in [0.3, 0.4) is 0 Å². The van der Waals surface area contributed by atoms with Gasteiger partial charge in [0, 0.05) is 18.1 Å². The minimum Gasteiger partial charge on any atom is -0.492 e. The zero-order valence-electron chi connectivity index (χ0n) is 11.9. The normalized spacial score (nSPS) is 10.6. The summed E-state index contributed by atoms with van der Waals surface area (Å²) in [6.45, 7) is 6.39. The van der Waals surface area contributed by atoms with Crippen LogP contribution in [0.4, 0.5) is 0 Å². The van der Waals surface area contributed by atoms with E-state index in [1.807, 2.05) is 30.3 Å². The molecule has 106 valence electrons. The lowest BCUT2D eigenvalue weighted by molar-refractivity contribution is 0.313. The van der Waals surface area contributed by atoms with Crippen molar-refractivity contribution in [3.05, 3.63) is 64.2 Å². The lowest BCUT2D eigenvalue weighted by Gasteiger charge is -2.10. The predicted octanol–water partition coefficient (Wildman–Crippen LogP) is 4.13. The molecule has 20 heavy (non-hydrogen) atoms. The molecule has 0 radical (unpaired) electrons. The fourth-order valence-electron chi connectivity index (χ4n) is 1.91. The van der Waals surface area contributed by atoms with Crippen LogP contribution in [0.1, 0.15) is 16.7 Å². The first kappa shape index (κ1) is 14.9. The van der Waals surface area contributed by atoms with E-state index in [4.69, 9.17) is 16.3 Å². The molecule has 2 aromatic rings. The molecule has 0 amide bonds. The third-order valence-electron chi connectivity index (χ3n) is 3.30. The molecule has 0 spiro atoms. The number of aryl methyl sites for hydroxylation is 2. The summed E-state index contributed by atoms with van der Waals surface area (Å²) in [5, 5.41) is 4.13. The Morgan fingerprint density at radius 3 is 2.60 bits per heavy atom. The highest BCUT2D eigenvalue weighted by Crippen LogP contribution is 2.16. The maximum absolute atomic E-state index is 6.09. The lowest BCUT2D eigenvalue weighted by Crippen LogP contribution is -2.20. The molecule has 2 aromatic carbocycles. The van der Waals surface area contributed by atoms with Crippen LogP contribution in [0.15, 0.2) is 42.5 Å². The van der Waals surface area contributed by atoms with Crippen LogP contribution in [-0.4, -0.2) is 13.2 Å². The average Bonchev–Trinajstić information content (AvgIpc) is 2.44. The van der Waals surface area contributed by atoms with E-state index >= 15 is 0 Å². The van der Waals surface area contributed by atoms with Gasteiger partial charge in [0.05, 0.1) is 0 Å². The van der Waals surface area contributed by atoms with Crippen molar-refractivity contribution in [3.8, 4) is 5.75 Å². The van der Waals surface area contributed by atoms with Gasteiger partial charge in [-0.05, 0) is 48.7 Å².